The van der Waals surface area contributed by atoms with E-state index >= 15 is 0 Å². The molecule has 1 N–H and O–H groups in total. The van der Waals surface area contributed by atoms with Gasteiger partial charge in [-0.2, -0.15) is 0 Å². The molecule has 4 heteroatoms. The van der Waals surface area contributed by atoms with E-state index < -0.39 is 0 Å². The molecule has 1 aliphatic heterocycles. The molecule has 3 nitrogen and oxygen atoms in total. The van der Waals surface area contributed by atoms with Gasteiger partial charge in [0.15, 0.2) is 0 Å². The number of hydrogen-bond donors (Lipinski definition) is 1. The number of nitrogens with zero attached hydrogens (tertiary/aromatic N) is 1. The number of nitrogens with one attached hydrogen (secondary N) is 1. The lowest BCUT2D eigenvalue weighted by atomic mass is 9.88. The first-order valence-electron chi connectivity index (χ1n) is 6.74. The highest BCUT2D eigenvalue weighted by Gasteiger charge is 2.57. The summed E-state index contributed by atoms with van der Waals surface area (Å²) in [5.41, 5.74) is 1.15. The van der Waals surface area contributed by atoms with Crippen LogP contribution in [0.3, 0.4) is 0 Å². The van der Waals surface area contributed by atoms with Crippen LogP contribution in [-0.4, -0.2) is 23.7 Å². The molecule has 0 aromatic carbocycles. The molecule has 1 saturated heterocycles. The average Bonchev–Trinajstić information content (AvgIpc) is 2.93. The van der Waals surface area contributed by atoms with Crippen LogP contribution in [0.5, 0.6) is 5.88 Å². The Hall–Kier alpha value is -0.610. The lowest BCUT2D eigenvalue weighted by Gasteiger charge is -2.28. The number of aromatic nitrogens is 1. The summed E-state index contributed by atoms with van der Waals surface area (Å²) in [7, 11) is 0. The van der Waals surface area contributed by atoms with E-state index in [1.54, 1.807) is 0 Å². The Morgan fingerprint density at radius 1 is 1.39 bits per heavy atom. The van der Waals surface area contributed by atoms with Crippen LogP contribution < -0.4 is 10.1 Å². The summed E-state index contributed by atoms with van der Waals surface area (Å²) in [5, 5.41) is 3.64. The molecule has 5 unspecified atom stereocenters. The Balaban J connectivity index is 1.58. The van der Waals surface area contributed by atoms with E-state index in [0.717, 1.165) is 33.7 Å². The van der Waals surface area contributed by atoms with Gasteiger partial charge in [-0.05, 0) is 71.6 Å². The summed E-state index contributed by atoms with van der Waals surface area (Å²) >= 11 is 3.55. The van der Waals surface area contributed by atoms with Gasteiger partial charge in [0.2, 0.25) is 5.88 Å². The Morgan fingerprint density at radius 2 is 2.28 bits per heavy atom. The van der Waals surface area contributed by atoms with Crippen molar-refractivity contribution in [3.8, 4) is 5.88 Å². The van der Waals surface area contributed by atoms with Crippen molar-refractivity contribution in [1.29, 1.82) is 0 Å². The number of pyridine rings is 1. The normalized spacial score (nSPS) is 40.4. The summed E-state index contributed by atoms with van der Waals surface area (Å²) in [6.45, 7) is 3.23. The highest BCUT2D eigenvalue weighted by atomic mass is 79.9. The lowest BCUT2D eigenvalue weighted by Crippen LogP contribution is -2.41. The zero-order chi connectivity index (χ0) is 12.3. The topological polar surface area (TPSA) is 34.1 Å². The Kier molecular flexibility index (Phi) is 2.46. The van der Waals surface area contributed by atoms with Crippen molar-refractivity contribution in [2.24, 2.45) is 17.8 Å². The van der Waals surface area contributed by atoms with Crippen LogP contribution in [0.15, 0.2) is 16.7 Å². The number of halogens is 1. The molecule has 2 saturated carbocycles. The molecule has 1 aromatic rings. The van der Waals surface area contributed by atoms with Crippen molar-refractivity contribution in [3.05, 3.63) is 22.3 Å². The van der Waals surface area contributed by atoms with Gasteiger partial charge in [0.25, 0.3) is 0 Å². The van der Waals surface area contributed by atoms with Crippen LogP contribution in [0, 0.1) is 24.7 Å². The second-order valence-corrected chi connectivity index (χ2v) is 6.83. The summed E-state index contributed by atoms with van der Waals surface area (Å²) in [6.07, 6.45) is 4.87. The Bertz CT molecular complexity index is 491. The third-order valence-electron chi connectivity index (χ3n) is 4.87. The summed E-state index contributed by atoms with van der Waals surface area (Å²) in [4.78, 5) is 4.41. The van der Waals surface area contributed by atoms with Crippen molar-refractivity contribution in [1.82, 2.24) is 10.3 Å². The molecular formula is C14H17BrN2O. The fraction of sp³-hybridized carbons (Fsp3) is 0.643. The van der Waals surface area contributed by atoms with Crippen LogP contribution in [-0.2, 0) is 0 Å². The molecule has 3 aliphatic rings. The maximum Gasteiger partial charge on any atom is 0.228 e. The Morgan fingerprint density at radius 3 is 3.11 bits per heavy atom. The minimum atomic E-state index is 0.320. The zero-order valence-corrected chi connectivity index (χ0v) is 12.0. The smallest absolute Gasteiger partial charge is 0.228 e. The molecule has 2 heterocycles. The number of rotatable bonds is 2. The zero-order valence-electron chi connectivity index (χ0n) is 10.4. The predicted molar refractivity (Wildman–Crippen MR) is 72.6 cm³/mol. The van der Waals surface area contributed by atoms with Gasteiger partial charge < -0.3 is 10.1 Å². The SMILES string of the molecule is Cc1cnc(OC2C3CC4CNC2C4C3)c(Br)c1. The van der Waals surface area contributed by atoms with E-state index in [2.05, 4.69) is 32.3 Å². The van der Waals surface area contributed by atoms with E-state index in [4.69, 9.17) is 4.74 Å². The van der Waals surface area contributed by atoms with Gasteiger partial charge in [-0.1, -0.05) is 0 Å². The highest BCUT2D eigenvalue weighted by Crippen LogP contribution is 2.52. The molecule has 2 aliphatic carbocycles. The van der Waals surface area contributed by atoms with E-state index in [-0.39, 0.29) is 0 Å². The minimum absolute atomic E-state index is 0.320. The van der Waals surface area contributed by atoms with Crippen molar-refractivity contribution < 1.29 is 4.74 Å². The monoisotopic (exact) mass is 308 g/mol. The van der Waals surface area contributed by atoms with E-state index in [9.17, 15) is 0 Å². The molecule has 0 spiro atoms. The fourth-order valence-corrected chi connectivity index (χ4v) is 4.70. The maximum atomic E-state index is 6.20. The number of hydrogen-bond acceptors (Lipinski definition) is 3. The van der Waals surface area contributed by atoms with E-state index in [1.165, 1.54) is 19.4 Å². The molecule has 1 aromatic heterocycles. The molecule has 5 atom stereocenters. The first kappa shape index (κ1) is 11.2. The van der Waals surface area contributed by atoms with Gasteiger partial charge in [-0.25, -0.2) is 4.98 Å². The van der Waals surface area contributed by atoms with Crippen LogP contribution in [0.2, 0.25) is 0 Å². The number of fused-ring (bicyclic) bond motifs is 1. The van der Waals surface area contributed by atoms with Crippen molar-refractivity contribution in [3.63, 3.8) is 0 Å². The summed E-state index contributed by atoms with van der Waals surface area (Å²) in [6, 6.07) is 2.63. The van der Waals surface area contributed by atoms with Gasteiger partial charge in [0, 0.05) is 12.2 Å². The quantitative estimate of drug-likeness (QED) is 0.911. The van der Waals surface area contributed by atoms with Gasteiger partial charge in [0.1, 0.15) is 6.10 Å². The summed E-state index contributed by atoms with van der Waals surface area (Å²) in [5.74, 6) is 3.25. The van der Waals surface area contributed by atoms with Gasteiger partial charge in [-0.15, -0.1) is 0 Å². The van der Waals surface area contributed by atoms with Gasteiger partial charge in [-0.3, -0.25) is 0 Å². The molecular weight excluding hydrogens is 292 g/mol. The van der Waals surface area contributed by atoms with Crippen LogP contribution in [0.4, 0.5) is 0 Å². The molecule has 96 valence electrons. The first-order chi connectivity index (χ1) is 8.72. The number of ether oxygens (including phenoxy) is 1. The first-order valence-corrected chi connectivity index (χ1v) is 7.54. The molecule has 0 radical (unpaired) electrons. The third kappa shape index (κ3) is 1.55. The van der Waals surface area contributed by atoms with E-state index in [1.807, 2.05) is 13.1 Å². The van der Waals surface area contributed by atoms with Crippen molar-refractivity contribution in [2.45, 2.75) is 31.9 Å². The summed E-state index contributed by atoms with van der Waals surface area (Å²) < 4.78 is 7.18. The molecule has 0 amide bonds. The second-order valence-electron chi connectivity index (χ2n) is 5.97. The Labute approximate surface area is 115 Å². The van der Waals surface area contributed by atoms with Crippen molar-refractivity contribution in [2.75, 3.05) is 6.54 Å². The van der Waals surface area contributed by atoms with Crippen LogP contribution in [0.1, 0.15) is 18.4 Å². The van der Waals surface area contributed by atoms with E-state index in [0.29, 0.717) is 12.1 Å². The van der Waals surface area contributed by atoms with Gasteiger partial charge >= 0.3 is 0 Å². The molecule has 3 fully saturated rings. The third-order valence-corrected chi connectivity index (χ3v) is 5.44. The average molecular weight is 309 g/mol. The van der Waals surface area contributed by atoms with Crippen LogP contribution >= 0.6 is 15.9 Å². The molecule has 18 heavy (non-hydrogen) atoms. The van der Waals surface area contributed by atoms with Gasteiger partial charge in [0.05, 0.1) is 4.47 Å². The minimum Gasteiger partial charge on any atom is -0.472 e. The molecule has 2 bridgehead atoms. The van der Waals surface area contributed by atoms with Crippen LogP contribution in [0.25, 0.3) is 0 Å². The van der Waals surface area contributed by atoms with Crippen molar-refractivity contribution >= 4 is 15.9 Å². The number of aryl methyl sites for hydroxylation is 1. The lowest BCUT2D eigenvalue weighted by molar-refractivity contribution is 0.108. The standard InChI is InChI=1S/C14H17BrN2O/c1-7-2-11(15)14(17-5-7)18-13-8-3-9-6-16-12(13)10(9)4-8/h2,5,8-10,12-13,16H,3-4,6H2,1H3. The fourth-order valence-electron chi connectivity index (χ4n) is 4.14. The highest BCUT2D eigenvalue weighted by molar-refractivity contribution is 9.10. The largest absolute Gasteiger partial charge is 0.472 e. The second kappa shape index (κ2) is 3.94. The molecule has 4 rings (SSSR count). The predicted octanol–water partition coefficient (Wildman–Crippen LogP) is 2.53. The maximum absolute atomic E-state index is 6.20.